The van der Waals surface area contributed by atoms with Crippen molar-refractivity contribution in [1.29, 1.82) is 0 Å². The fourth-order valence-electron chi connectivity index (χ4n) is 2.31. The molecule has 0 saturated heterocycles. The molecule has 21 heavy (non-hydrogen) atoms. The van der Waals surface area contributed by atoms with Gasteiger partial charge in [0.25, 0.3) is 5.91 Å². The van der Waals surface area contributed by atoms with Gasteiger partial charge >= 0.3 is 0 Å². The number of aromatic nitrogens is 1. The van der Waals surface area contributed by atoms with Gasteiger partial charge in [0.2, 0.25) is 5.91 Å². The van der Waals surface area contributed by atoms with Gasteiger partial charge in [0, 0.05) is 43.3 Å². The van der Waals surface area contributed by atoms with Crippen LogP contribution in [0.3, 0.4) is 0 Å². The van der Waals surface area contributed by atoms with Gasteiger partial charge in [-0.05, 0) is 37.4 Å². The molecule has 2 aromatic rings. The standard InChI is InChI=1S/C16H21N3O2/c1-3-19(4-2)15(20)8-10-18-16(21)13-6-5-12-7-9-17-14(12)11-13/h5-7,9,11,17H,3-4,8,10H2,1-2H3,(H,18,21). The Balaban J connectivity index is 1.88. The summed E-state index contributed by atoms with van der Waals surface area (Å²) in [5, 5.41) is 3.86. The average molecular weight is 287 g/mol. The van der Waals surface area contributed by atoms with Crippen LogP contribution in [0.2, 0.25) is 0 Å². The van der Waals surface area contributed by atoms with Gasteiger partial charge in [-0.3, -0.25) is 9.59 Å². The maximum atomic E-state index is 12.1. The quantitative estimate of drug-likeness (QED) is 0.855. The number of hydrogen-bond donors (Lipinski definition) is 2. The van der Waals surface area contributed by atoms with Crippen LogP contribution in [0.4, 0.5) is 0 Å². The van der Waals surface area contributed by atoms with Crippen LogP contribution in [0, 0.1) is 0 Å². The van der Waals surface area contributed by atoms with Crippen molar-refractivity contribution in [2.75, 3.05) is 19.6 Å². The third-order valence-corrected chi connectivity index (χ3v) is 3.56. The van der Waals surface area contributed by atoms with Crippen LogP contribution in [0.15, 0.2) is 30.5 Å². The van der Waals surface area contributed by atoms with Gasteiger partial charge in [0.05, 0.1) is 0 Å². The first kappa shape index (κ1) is 15.1. The highest BCUT2D eigenvalue weighted by Crippen LogP contribution is 2.13. The molecule has 0 aliphatic carbocycles. The number of benzene rings is 1. The number of rotatable bonds is 6. The predicted octanol–water partition coefficient (Wildman–Crippen LogP) is 2.16. The summed E-state index contributed by atoms with van der Waals surface area (Å²) in [5.41, 5.74) is 1.53. The first-order valence-electron chi connectivity index (χ1n) is 7.28. The molecule has 0 bridgehead atoms. The van der Waals surface area contributed by atoms with Crippen molar-refractivity contribution >= 4 is 22.7 Å². The lowest BCUT2D eigenvalue weighted by Gasteiger charge is -2.18. The van der Waals surface area contributed by atoms with Gasteiger partial charge in [-0.1, -0.05) is 6.07 Å². The number of H-pyrrole nitrogens is 1. The van der Waals surface area contributed by atoms with Crippen LogP contribution in [0.5, 0.6) is 0 Å². The fraction of sp³-hybridized carbons (Fsp3) is 0.375. The van der Waals surface area contributed by atoms with Crippen LogP contribution in [-0.2, 0) is 4.79 Å². The second-order valence-electron chi connectivity index (χ2n) is 4.85. The number of fused-ring (bicyclic) bond motifs is 1. The molecule has 0 fully saturated rings. The highest BCUT2D eigenvalue weighted by atomic mass is 16.2. The van der Waals surface area contributed by atoms with Crippen LogP contribution in [0.25, 0.3) is 10.9 Å². The zero-order chi connectivity index (χ0) is 15.2. The molecule has 112 valence electrons. The van der Waals surface area contributed by atoms with Crippen molar-refractivity contribution < 1.29 is 9.59 Å². The SMILES string of the molecule is CCN(CC)C(=O)CCNC(=O)c1ccc2cc[nH]c2c1. The molecule has 2 rings (SSSR count). The molecule has 0 aliphatic rings. The normalized spacial score (nSPS) is 10.6. The molecule has 0 radical (unpaired) electrons. The van der Waals surface area contributed by atoms with Crippen LogP contribution in [-0.4, -0.2) is 41.3 Å². The fourth-order valence-corrected chi connectivity index (χ4v) is 2.31. The van der Waals surface area contributed by atoms with Crippen molar-refractivity contribution in [3.05, 3.63) is 36.0 Å². The number of nitrogens with zero attached hydrogens (tertiary/aromatic N) is 1. The zero-order valence-electron chi connectivity index (χ0n) is 12.5. The van der Waals surface area contributed by atoms with Gasteiger partial charge in [-0.2, -0.15) is 0 Å². The van der Waals surface area contributed by atoms with Gasteiger partial charge in [-0.15, -0.1) is 0 Å². The molecule has 0 atom stereocenters. The van der Waals surface area contributed by atoms with E-state index in [0.717, 1.165) is 10.9 Å². The molecular weight excluding hydrogens is 266 g/mol. The van der Waals surface area contributed by atoms with Gasteiger partial charge in [0.15, 0.2) is 0 Å². The van der Waals surface area contributed by atoms with Gasteiger partial charge in [0.1, 0.15) is 0 Å². The number of nitrogens with one attached hydrogen (secondary N) is 2. The summed E-state index contributed by atoms with van der Waals surface area (Å²) in [4.78, 5) is 28.7. The lowest BCUT2D eigenvalue weighted by Crippen LogP contribution is -2.34. The molecule has 2 N–H and O–H groups in total. The maximum absolute atomic E-state index is 12.1. The van der Waals surface area contributed by atoms with E-state index >= 15 is 0 Å². The molecular formula is C16H21N3O2. The summed E-state index contributed by atoms with van der Waals surface area (Å²) in [7, 11) is 0. The molecule has 5 nitrogen and oxygen atoms in total. The van der Waals surface area contributed by atoms with Crippen LogP contribution in [0.1, 0.15) is 30.6 Å². The largest absolute Gasteiger partial charge is 0.361 e. The Bertz CT molecular complexity index is 629. The van der Waals surface area contributed by atoms with Crippen molar-refractivity contribution in [3.63, 3.8) is 0 Å². The van der Waals surface area contributed by atoms with Gasteiger partial charge in [-0.25, -0.2) is 0 Å². The Morgan fingerprint density at radius 3 is 2.67 bits per heavy atom. The first-order valence-corrected chi connectivity index (χ1v) is 7.28. The zero-order valence-corrected chi connectivity index (χ0v) is 12.5. The maximum Gasteiger partial charge on any atom is 0.251 e. The summed E-state index contributed by atoms with van der Waals surface area (Å²) in [6.45, 7) is 5.66. The van der Waals surface area contributed by atoms with E-state index in [1.807, 2.05) is 38.2 Å². The first-order chi connectivity index (χ1) is 10.2. The Kier molecular flexibility index (Phi) is 4.98. The molecule has 0 saturated carbocycles. The Labute approximate surface area is 124 Å². The molecule has 2 amide bonds. The van der Waals surface area contributed by atoms with Crippen molar-refractivity contribution in [2.45, 2.75) is 20.3 Å². The van der Waals surface area contributed by atoms with Crippen molar-refractivity contribution in [2.24, 2.45) is 0 Å². The number of carbonyl (C=O) groups excluding carboxylic acids is 2. The third-order valence-electron chi connectivity index (χ3n) is 3.56. The van der Waals surface area contributed by atoms with Crippen LogP contribution < -0.4 is 5.32 Å². The van der Waals surface area contributed by atoms with Gasteiger partial charge < -0.3 is 15.2 Å². The van der Waals surface area contributed by atoms with E-state index in [1.54, 1.807) is 11.0 Å². The molecule has 0 unspecified atom stereocenters. The van der Waals surface area contributed by atoms with E-state index in [-0.39, 0.29) is 11.8 Å². The number of amides is 2. The highest BCUT2D eigenvalue weighted by molar-refractivity contribution is 5.98. The minimum atomic E-state index is -0.154. The summed E-state index contributed by atoms with van der Waals surface area (Å²) >= 11 is 0. The second-order valence-corrected chi connectivity index (χ2v) is 4.85. The molecule has 1 heterocycles. The summed E-state index contributed by atoms with van der Waals surface area (Å²) in [6, 6.07) is 7.47. The minimum absolute atomic E-state index is 0.0696. The lowest BCUT2D eigenvalue weighted by molar-refractivity contribution is -0.130. The third kappa shape index (κ3) is 3.62. The molecule has 0 aliphatic heterocycles. The molecule has 5 heteroatoms. The average Bonchev–Trinajstić information content (AvgIpc) is 2.95. The smallest absolute Gasteiger partial charge is 0.251 e. The summed E-state index contributed by atoms with van der Waals surface area (Å²) < 4.78 is 0. The Morgan fingerprint density at radius 2 is 1.95 bits per heavy atom. The number of hydrogen-bond acceptors (Lipinski definition) is 2. The number of carbonyl (C=O) groups is 2. The minimum Gasteiger partial charge on any atom is -0.361 e. The van der Waals surface area contributed by atoms with E-state index in [1.165, 1.54) is 0 Å². The molecule has 0 spiro atoms. The van der Waals surface area contributed by atoms with Crippen molar-refractivity contribution in [1.82, 2.24) is 15.2 Å². The number of aromatic amines is 1. The Morgan fingerprint density at radius 1 is 1.19 bits per heavy atom. The van der Waals surface area contributed by atoms with Crippen LogP contribution >= 0.6 is 0 Å². The molecule has 1 aromatic heterocycles. The molecule has 1 aromatic carbocycles. The predicted molar refractivity (Wildman–Crippen MR) is 83.2 cm³/mol. The van der Waals surface area contributed by atoms with E-state index in [9.17, 15) is 9.59 Å². The Hall–Kier alpha value is -2.30. The van der Waals surface area contributed by atoms with E-state index < -0.39 is 0 Å². The van der Waals surface area contributed by atoms with E-state index in [0.29, 0.717) is 31.6 Å². The van der Waals surface area contributed by atoms with E-state index in [4.69, 9.17) is 0 Å². The lowest BCUT2D eigenvalue weighted by atomic mass is 10.1. The van der Waals surface area contributed by atoms with Crippen molar-refractivity contribution in [3.8, 4) is 0 Å². The second kappa shape index (κ2) is 6.92. The summed E-state index contributed by atoms with van der Waals surface area (Å²) in [5.74, 6) is -0.0843. The summed E-state index contributed by atoms with van der Waals surface area (Å²) in [6.07, 6.45) is 2.17. The van der Waals surface area contributed by atoms with E-state index in [2.05, 4.69) is 10.3 Å². The monoisotopic (exact) mass is 287 g/mol. The topological polar surface area (TPSA) is 65.2 Å². The highest BCUT2D eigenvalue weighted by Gasteiger charge is 2.11.